The van der Waals surface area contributed by atoms with Crippen LogP contribution in [0.4, 0.5) is 5.69 Å². The number of ether oxygens (including phenoxy) is 1. The molecule has 0 saturated carbocycles. The van der Waals surface area contributed by atoms with Crippen LogP contribution in [0.15, 0.2) is 29.2 Å². The maximum atomic E-state index is 12.3. The summed E-state index contributed by atoms with van der Waals surface area (Å²) in [6.07, 6.45) is 0.568. The number of nitrogens with zero attached hydrogens (tertiary/aromatic N) is 1. The van der Waals surface area contributed by atoms with Crippen molar-refractivity contribution < 1.29 is 17.9 Å². The van der Waals surface area contributed by atoms with E-state index < -0.39 is 9.84 Å². The molecule has 0 radical (unpaired) electrons. The Bertz CT molecular complexity index is 583. The van der Waals surface area contributed by atoms with Crippen LogP contribution in [0.25, 0.3) is 0 Å². The van der Waals surface area contributed by atoms with E-state index in [0.717, 1.165) is 0 Å². The molecule has 1 unspecified atom stereocenters. The number of sulfone groups is 1. The van der Waals surface area contributed by atoms with E-state index in [4.69, 9.17) is 4.74 Å². The molecule has 0 amide bonds. The third-order valence-corrected chi connectivity index (χ3v) is 5.20. The lowest BCUT2D eigenvalue weighted by Crippen LogP contribution is -2.30. The van der Waals surface area contributed by atoms with Crippen molar-refractivity contribution in [2.75, 3.05) is 31.4 Å². The quantitative estimate of drug-likeness (QED) is 0.722. The molecule has 0 aromatic heterocycles. The van der Waals surface area contributed by atoms with Gasteiger partial charge in [0, 0.05) is 13.6 Å². The molecule has 0 aliphatic rings. The van der Waals surface area contributed by atoms with E-state index in [1.807, 2.05) is 6.92 Å². The molecule has 0 fully saturated rings. The molecule has 0 spiro atoms. The molecule has 1 aromatic rings. The minimum atomic E-state index is -3.31. The normalized spacial score (nSPS) is 12.8. The highest BCUT2D eigenvalue weighted by Crippen LogP contribution is 2.26. The Morgan fingerprint density at radius 1 is 1.33 bits per heavy atom. The number of esters is 1. The van der Waals surface area contributed by atoms with Gasteiger partial charge in [0.05, 0.1) is 29.4 Å². The molecule has 6 heteroatoms. The zero-order valence-electron chi connectivity index (χ0n) is 13.0. The molecule has 21 heavy (non-hydrogen) atoms. The van der Waals surface area contributed by atoms with E-state index in [0.29, 0.717) is 23.5 Å². The maximum Gasteiger partial charge on any atom is 0.310 e. The summed E-state index contributed by atoms with van der Waals surface area (Å²) >= 11 is 0. The van der Waals surface area contributed by atoms with Crippen LogP contribution in [0.5, 0.6) is 0 Å². The lowest BCUT2D eigenvalue weighted by Gasteiger charge is -2.24. The number of rotatable bonds is 7. The Labute approximate surface area is 126 Å². The van der Waals surface area contributed by atoms with Gasteiger partial charge in [-0.25, -0.2) is 8.42 Å². The van der Waals surface area contributed by atoms with E-state index >= 15 is 0 Å². The van der Waals surface area contributed by atoms with Crippen molar-refractivity contribution in [3.05, 3.63) is 24.3 Å². The lowest BCUT2D eigenvalue weighted by molar-refractivity contribution is -0.144. The van der Waals surface area contributed by atoms with Gasteiger partial charge in [-0.2, -0.15) is 0 Å². The fraction of sp³-hybridized carbons (Fsp3) is 0.533. The van der Waals surface area contributed by atoms with Crippen molar-refractivity contribution in [3.63, 3.8) is 0 Å². The molecule has 0 heterocycles. The minimum Gasteiger partial charge on any atom is -0.469 e. The van der Waals surface area contributed by atoms with Crippen molar-refractivity contribution in [2.45, 2.75) is 25.2 Å². The largest absolute Gasteiger partial charge is 0.469 e. The zero-order valence-corrected chi connectivity index (χ0v) is 13.8. The summed E-state index contributed by atoms with van der Waals surface area (Å²) < 4.78 is 29.3. The number of carbonyl (C=O) groups excluding carboxylic acids is 1. The molecule has 1 rings (SSSR count). The van der Waals surface area contributed by atoms with E-state index in [2.05, 4.69) is 0 Å². The van der Waals surface area contributed by atoms with Gasteiger partial charge in [0.15, 0.2) is 9.84 Å². The number of benzene rings is 1. The number of hydrogen-bond acceptors (Lipinski definition) is 5. The molecular weight excluding hydrogens is 290 g/mol. The van der Waals surface area contributed by atoms with Gasteiger partial charge in [-0.3, -0.25) is 4.79 Å². The predicted octanol–water partition coefficient (Wildman–Crippen LogP) is 2.12. The second kappa shape index (κ2) is 7.45. The van der Waals surface area contributed by atoms with Crippen LogP contribution in [0.1, 0.15) is 20.3 Å². The fourth-order valence-electron chi connectivity index (χ4n) is 2.20. The molecule has 0 bridgehead atoms. The molecule has 1 aromatic carbocycles. The molecule has 0 N–H and O–H groups in total. The van der Waals surface area contributed by atoms with Crippen LogP contribution < -0.4 is 4.90 Å². The van der Waals surface area contributed by atoms with E-state index in [1.165, 1.54) is 7.11 Å². The molecule has 0 aliphatic heterocycles. The predicted molar refractivity (Wildman–Crippen MR) is 83.2 cm³/mol. The van der Waals surface area contributed by atoms with Gasteiger partial charge in [-0.15, -0.1) is 0 Å². The van der Waals surface area contributed by atoms with Crippen molar-refractivity contribution in [1.82, 2.24) is 0 Å². The summed E-state index contributed by atoms with van der Waals surface area (Å²) in [5, 5.41) is 0. The number of anilines is 1. The maximum absolute atomic E-state index is 12.3. The number of carbonyl (C=O) groups is 1. The third kappa shape index (κ3) is 4.46. The topological polar surface area (TPSA) is 63.7 Å². The van der Waals surface area contributed by atoms with Crippen molar-refractivity contribution in [3.8, 4) is 0 Å². The summed E-state index contributed by atoms with van der Waals surface area (Å²) in [5.41, 5.74) is 0.613. The smallest absolute Gasteiger partial charge is 0.310 e. The summed E-state index contributed by atoms with van der Waals surface area (Å²) in [5.74, 6) is -0.526. The summed E-state index contributed by atoms with van der Waals surface area (Å²) in [7, 11) is -0.182. The Morgan fingerprint density at radius 3 is 2.52 bits per heavy atom. The first-order chi connectivity index (χ1) is 9.83. The van der Waals surface area contributed by atoms with Gasteiger partial charge < -0.3 is 9.64 Å². The average molecular weight is 313 g/mol. The van der Waals surface area contributed by atoms with Crippen LogP contribution in [0.2, 0.25) is 0 Å². The number of hydrogen-bond donors (Lipinski definition) is 0. The van der Waals surface area contributed by atoms with Gasteiger partial charge in [0.1, 0.15) is 0 Å². The van der Waals surface area contributed by atoms with Gasteiger partial charge in [-0.1, -0.05) is 26.0 Å². The summed E-state index contributed by atoms with van der Waals surface area (Å²) in [4.78, 5) is 13.6. The average Bonchev–Trinajstić information content (AvgIpc) is 2.46. The molecule has 0 saturated heterocycles. The van der Waals surface area contributed by atoms with Gasteiger partial charge in [0.25, 0.3) is 0 Å². The second-order valence-electron chi connectivity index (χ2n) is 5.09. The van der Waals surface area contributed by atoms with Crippen LogP contribution in [-0.4, -0.2) is 40.8 Å². The summed E-state index contributed by atoms with van der Waals surface area (Å²) in [6, 6.07) is 6.87. The van der Waals surface area contributed by atoms with E-state index in [9.17, 15) is 13.2 Å². The first-order valence-corrected chi connectivity index (χ1v) is 8.59. The molecule has 118 valence electrons. The zero-order chi connectivity index (χ0) is 16.0. The van der Waals surface area contributed by atoms with Gasteiger partial charge in [0.2, 0.25) is 0 Å². The highest BCUT2D eigenvalue weighted by Gasteiger charge is 2.22. The number of para-hydroxylation sites is 1. The first-order valence-electron chi connectivity index (χ1n) is 6.94. The van der Waals surface area contributed by atoms with E-state index in [-0.39, 0.29) is 17.6 Å². The fourth-order valence-corrected chi connectivity index (χ4v) is 3.78. The van der Waals surface area contributed by atoms with Crippen LogP contribution >= 0.6 is 0 Å². The lowest BCUT2D eigenvalue weighted by atomic mass is 10.1. The molecular formula is C15H23NO4S. The third-order valence-electron chi connectivity index (χ3n) is 3.24. The van der Waals surface area contributed by atoms with Crippen LogP contribution in [0, 0.1) is 5.92 Å². The van der Waals surface area contributed by atoms with Crippen molar-refractivity contribution in [1.29, 1.82) is 0 Å². The van der Waals surface area contributed by atoms with Crippen LogP contribution in [-0.2, 0) is 19.4 Å². The van der Waals surface area contributed by atoms with E-state index in [1.54, 1.807) is 43.1 Å². The van der Waals surface area contributed by atoms with Crippen LogP contribution in [0.3, 0.4) is 0 Å². The first kappa shape index (κ1) is 17.5. The highest BCUT2D eigenvalue weighted by molar-refractivity contribution is 7.91. The monoisotopic (exact) mass is 313 g/mol. The Kier molecular flexibility index (Phi) is 6.20. The Morgan fingerprint density at radius 2 is 1.95 bits per heavy atom. The second-order valence-corrected chi connectivity index (χ2v) is 7.17. The van der Waals surface area contributed by atoms with Crippen molar-refractivity contribution in [2.24, 2.45) is 5.92 Å². The highest BCUT2D eigenvalue weighted by atomic mass is 32.2. The van der Waals surface area contributed by atoms with Gasteiger partial charge in [-0.05, 0) is 18.6 Å². The van der Waals surface area contributed by atoms with Crippen molar-refractivity contribution >= 4 is 21.5 Å². The molecule has 0 aliphatic carbocycles. The number of methoxy groups -OCH3 is 1. The summed E-state index contributed by atoms with van der Waals surface area (Å²) in [6.45, 7) is 3.99. The standard InChI is InChI=1S/C15H23NO4S/c1-5-10-21(18,19)14-9-7-6-8-13(14)16(3)11-12(2)15(17)20-4/h6-9,12H,5,10-11H2,1-4H3. The molecule has 5 nitrogen and oxygen atoms in total. The van der Waals surface area contributed by atoms with Gasteiger partial charge >= 0.3 is 5.97 Å². The Hall–Kier alpha value is -1.56. The Balaban J connectivity index is 3.06. The molecule has 1 atom stereocenters. The SMILES string of the molecule is CCCS(=O)(=O)c1ccccc1N(C)CC(C)C(=O)OC. The minimum absolute atomic E-state index is 0.115.